The lowest BCUT2D eigenvalue weighted by atomic mass is 10.1. The number of ether oxygens (including phenoxy) is 1. The van der Waals surface area contributed by atoms with Crippen molar-refractivity contribution in [3.05, 3.63) is 65.0 Å². The predicted molar refractivity (Wildman–Crippen MR) is 111 cm³/mol. The Labute approximate surface area is 177 Å². The second-order valence-corrected chi connectivity index (χ2v) is 7.41. The van der Waals surface area contributed by atoms with Gasteiger partial charge in [0.15, 0.2) is 6.61 Å². The van der Waals surface area contributed by atoms with Gasteiger partial charge in [-0.05, 0) is 43.3 Å². The van der Waals surface area contributed by atoms with Crippen molar-refractivity contribution in [2.45, 2.75) is 19.3 Å². The predicted octanol–water partition coefficient (Wildman–Crippen LogP) is 3.57. The summed E-state index contributed by atoms with van der Waals surface area (Å²) in [5.74, 6) is 0.173. The van der Waals surface area contributed by atoms with Crippen LogP contribution in [0.5, 0.6) is 5.75 Å². The van der Waals surface area contributed by atoms with Gasteiger partial charge in [0.1, 0.15) is 5.75 Å². The van der Waals surface area contributed by atoms with E-state index in [1.165, 1.54) is 0 Å². The van der Waals surface area contributed by atoms with Crippen molar-refractivity contribution in [1.29, 1.82) is 0 Å². The number of aromatic nitrogens is 2. The number of carbonyl (C=O) groups is 2. The van der Waals surface area contributed by atoms with Crippen LogP contribution in [0.2, 0.25) is 5.02 Å². The number of anilines is 2. The van der Waals surface area contributed by atoms with Crippen LogP contribution < -0.4 is 15.0 Å². The first-order valence-corrected chi connectivity index (χ1v) is 9.74. The standard InChI is InChI=1S/C21H19ClN4O4/c1-13-2-8-17(9-3-13)29-12-18(27)23-21-25-24-20(30-21)14-10-19(28)26(11-14)16-6-4-15(22)5-7-16/h2-9,14H,10-12H2,1H3,(H,23,25,27)/t14-/m1/s1. The number of aryl methyl sites for hydroxylation is 1. The molecule has 1 aromatic heterocycles. The molecule has 1 aliphatic heterocycles. The number of carbonyl (C=O) groups excluding carboxylic acids is 2. The molecule has 1 N–H and O–H groups in total. The maximum Gasteiger partial charge on any atom is 0.322 e. The quantitative estimate of drug-likeness (QED) is 0.647. The van der Waals surface area contributed by atoms with Gasteiger partial charge in [0, 0.05) is 23.7 Å². The van der Waals surface area contributed by atoms with E-state index in [1.807, 2.05) is 19.1 Å². The summed E-state index contributed by atoms with van der Waals surface area (Å²) in [6.45, 7) is 2.19. The second kappa shape index (κ2) is 8.54. The highest BCUT2D eigenvalue weighted by Gasteiger charge is 2.35. The number of halogens is 1. The van der Waals surface area contributed by atoms with Crippen molar-refractivity contribution in [2.24, 2.45) is 0 Å². The summed E-state index contributed by atoms with van der Waals surface area (Å²) in [6, 6.07) is 14.4. The molecule has 30 heavy (non-hydrogen) atoms. The first-order valence-electron chi connectivity index (χ1n) is 9.36. The third kappa shape index (κ3) is 4.60. The smallest absolute Gasteiger partial charge is 0.322 e. The van der Waals surface area contributed by atoms with E-state index in [0.29, 0.717) is 23.2 Å². The first kappa shape index (κ1) is 19.9. The highest BCUT2D eigenvalue weighted by atomic mass is 35.5. The van der Waals surface area contributed by atoms with Crippen molar-refractivity contribution in [1.82, 2.24) is 10.2 Å². The molecule has 1 saturated heterocycles. The average Bonchev–Trinajstić information content (AvgIpc) is 3.35. The van der Waals surface area contributed by atoms with E-state index < -0.39 is 5.91 Å². The molecule has 1 atom stereocenters. The summed E-state index contributed by atoms with van der Waals surface area (Å²) < 4.78 is 11.0. The molecule has 0 aliphatic carbocycles. The monoisotopic (exact) mass is 426 g/mol. The summed E-state index contributed by atoms with van der Waals surface area (Å²) in [5, 5.41) is 10.9. The van der Waals surface area contributed by atoms with Gasteiger partial charge in [0.05, 0.1) is 5.92 Å². The van der Waals surface area contributed by atoms with Crippen LogP contribution in [0, 0.1) is 6.92 Å². The number of rotatable bonds is 6. The maximum atomic E-state index is 12.4. The maximum absolute atomic E-state index is 12.4. The molecule has 0 bridgehead atoms. The van der Waals surface area contributed by atoms with Gasteiger partial charge in [-0.2, -0.15) is 0 Å². The Balaban J connectivity index is 1.33. The molecule has 8 nitrogen and oxygen atoms in total. The summed E-state index contributed by atoms with van der Waals surface area (Å²) in [6.07, 6.45) is 0.245. The summed E-state index contributed by atoms with van der Waals surface area (Å²) in [5.41, 5.74) is 1.86. The fraction of sp³-hybridized carbons (Fsp3) is 0.238. The van der Waals surface area contributed by atoms with Crippen LogP contribution in [0.15, 0.2) is 52.9 Å². The highest BCUT2D eigenvalue weighted by molar-refractivity contribution is 6.30. The molecular weight excluding hydrogens is 408 g/mol. The molecule has 1 aliphatic rings. The van der Waals surface area contributed by atoms with E-state index in [1.54, 1.807) is 41.3 Å². The molecule has 4 rings (SSSR count). The third-order valence-corrected chi connectivity index (χ3v) is 4.94. The van der Waals surface area contributed by atoms with Gasteiger partial charge >= 0.3 is 6.01 Å². The summed E-state index contributed by atoms with van der Waals surface area (Å²) in [7, 11) is 0. The normalized spacial score (nSPS) is 16.0. The number of nitrogens with one attached hydrogen (secondary N) is 1. The average molecular weight is 427 g/mol. The number of hydrogen-bond donors (Lipinski definition) is 1. The molecule has 9 heteroatoms. The van der Waals surface area contributed by atoms with Crippen molar-refractivity contribution >= 4 is 35.1 Å². The minimum Gasteiger partial charge on any atom is -0.484 e. The van der Waals surface area contributed by atoms with Crippen LogP contribution >= 0.6 is 11.6 Å². The Morgan fingerprint density at radius 1 is 1.20 bits per heavy atom. The van der Waals surface area contributed by atoms with Crippen molar-refractivity contribution in [3.63, 3.8) is 0 Å². The van der Waals surface area contributed by atoms with E-state index in [9.17, 15) is 9.59 Å². The van der Waals surface area contributed by atoms with Gasteiger partial charge in [-0.1, -0.05) is 34.4 Å². The topological polar surface area (TPSA) is 97.6 Å². The molecule has 0 saturated carbocycles. The van der Waals surface area contributed by atoms with E-state index in [2.05, 4.69) is 15.5 Å². The molecule has 3 aromatic rings. The first-order chi connectivity index (χ1) is 14.5. The van der Waals surface area contributed by atoms with Crippen LogP contribution in [-0.2, 0) is 9.59 Å². The van der Waals surface area contributed by atoms with Gasteiger partial charge in [-0.25, -0.2) is 0 Å². The Bertz CT molecular complexity index is 1050. The third-order valence-electron chi connectivity index (χ3n) is 4.69. The molecule has 0 radical (unpaired) electrons. The molecule has 2 aromatic carbocycles. The Morgan fingerprint density at radius 3 is 2.67 bits per heavy atom. The summed E-state index contributed by atoms with van der Waals surface area (Å²) >= 11 is 5.91. The highest BCUT2D eigenvalue weighted by Crippen LogP contribution is 2.32. The molecule has 0 unspecified atom stereocenters. The van der Waals surface area contributed by atoms with Gasteiger partial charge in [0.2, 0.25) is 11.8 Å². The van der Waals surface area contributed by atoms with Crippen LogP contribution in [0.25, 0.3) is 0 Å². The lowest BCUT2D eigenvalue weighted by Crippen LogP contribution is -2.24. The minimum atomic E-state index is -0.420. The van der Waals surface area contributed by atoms with Crippen LogP contribution in [-0.4, -0.2) is 35.2 Å². The Kier molecular flexibility index (Phi) is 5.67. The van der Waals surface area contributed by atoms with E-state index in [4.69, 9.17) is 20.8 Å². The lowest BCUT2D eigenvalue weighted by Gasteiger charge is -2.16. The van der Waals surface area contributed by atoms with Gasteiger partial charge < -0.3 is 14.1 Å². The van der Waals surface area contributed by atoms with Crippen LogP contribution in [0.4, 0.5) is 11.7 Å². The van der Waals surface area contributed by atoms with Gasteiger partial charge in [0.25, 0.3) is 5.91 Å². The lowest BCUT2D eigenvalue weighted by molar-refractivity contribution is -0.118. The summed E-state index contributed by atoms with van der Waals surface area (Å²) in [4.78, 5) is 26.1. The fourth-order valence-corrected chi connectivity index (χ4v) is 3.26. The van der Waals surface area contributed by atoms with Crippen LogP contribution in [0.3, 0.4) is 0 Å². The zero-order valence-corrected chi connectivity index (χ0v) is 16.9. The largest absolute Gasteiger partial charge is 0.484 e. The van der Waals surface area contributed by atoms with Crippen molar-refractivity contribution in [3.8, 4) is 5.75 Å². The molecule has 1 fully saturated rings. The van der Waals surface area contributed by atoms with E-state index >= 15 is 0 Å². The fourth-order valence-electron chi connectivity index (χ4n) is 3.13. The number of hydrogen-bond acceptors (Lipinski definition) is 6. The Hall–Kier alpha value is -3.39. The second-order valence-electron chi connectivity index (χ2n) is 6.98. The number of benzene rings is 2. The van der Waals surface area contributed by atoms with Crippen LogP contribution in [0.1, 0.15) is 23.8 Å². The van der Waals surface area contributed by atoms with Gasteiger partial charge in [-0.3, -0.25) is 14.9 Å². The van der Waals surface area contributed by atoms with Crippen molar-refractivity contribution < 1.29 is 18.7 Å². The zero-order chi connectivity index (χ0) is 21.1. The van der Waals surface area contributed by atoms with Gasteiger partial charge in [-0.15, -0.1) is 5.10 Å². The molecule has 154 valence electrons. The number of amides is 2. The molecular formula is C21H19ClN4O4. The van der Waals surface area contributed by atoms with Crippen molar-refractivity contribution in [2.75, 3.05) is 23.4 Å². The minimum absolute atomic E-state index is 0.0279. The SMILES string of the molecule is Cc1ccc(OCC(=O)Nc2nnc([C@@H]3CC(=O)N(c4ccc(Cl)cc4)C3)o2)cc1. The molecule has 2 heterocycles. The Morgan fingerprint density at radius 2 is 1.93 bits per heavy atom. The molecule has 0 spiro atoms. The van der Waals surface area contributed by atoms with E-state index in [-0.39, 0.29) is 30.9 Å². The molecule has 2 amide bonds. The number of nitrogens with zero attached hydrogens (tertiary/aromatic N) is 3. The van der Waals surface area contributed by atoms with E-state index in [0.717, 1.165) is 11.3 Å². The zero-order valence-electron chi connectivity index (χ0n) is 16.2.